The summed E-state index contributed by atoms with van der Waals surface area (Å²) in [6, 6.07) is 0.363. The normalized spacial score (nSPS) is 20.0. The van der Waals surface area contributed by atoms with Crippen LogP contribution in [0.2, 0.25) is 0 Å². The van der Waals surface area contributed by atoms with E-state index >= 15 is 0 Å². The Kier molecular flexibility index (Phi) is 8.91. The molecule has 136 valence electrons. The van der Waals surface area contributed by atoms with Crippen molar-refractivity contribution in [3.05, 3.63) is 0 Å². The largest absolute Gasteiger partial charge is 0.357 e. The van der Waals surface area contributed by atoms with Crippen LogP contribution >= 0.6 is 0 Å². The van der Waals surface area contributed by atoms with Crippen molar-refractivity contribution in [2.24, 2.45) is 10.9 Å². The molecule has 1 fully saturated rings. The van der Waals surface area contributed by atoms with Gasteiger partial charge in [0.25, 0.3) is 0 Å². The van der Waals surface area contributed by atoms with Crippen molar-refractivity contribution in [2.75, 3.05) is 31.9 Å². The number of nitrogens with one attached hydrogen (secondary N) is 2. The van der Waals surface area contributed by atoms with Gasteiger partial charge in [-0.2, -0.15) is 0 Å². The van der Waals surface area contributed by atoms with E-state index in [0.29, 0.717) is 25.7 Å². The number of hydrogen-bond acceptors (Lipinski definition) is 3. The standard InChI is InChI=1S/C16H34N4O2S/c1-5-17-16(19-15(4)9-6-8-14(2)3)18-10-12-20-11-7-13-23(20,21)22/h14-15H,5-13H2,1-4H3,(H2,17,18,19). The first-order chi connectivity index (χ1) is 10.8. The number of nitrogens with zero attached hydrogens (tertiary/aromatic N) is 2. The topological polar surface area (TPSA) is 73.8 Å². The average molecular weight is 347 g/mol. The molecule has 1 atom stereocenters. The summed E-state index contributed by atoms with van der Waals surface area (Å²) in [5, 5.41) is 6.64. The summed E-state index contributed by atoms with van der Waals surface area (Å²) in [6.07, 6.45) is 4.30. The Balaban J connectivity index is 2.40. The molecule has 0 bridgehead atoms. The molecule has 1 saturated heterocycles. The predicted molar refractivity (Wildman–Crippen MR) is 97.2 cm³/mol. The molecule has 0 spiro atoms. The lowest BCUT2D eigenvalue weighted by Crippen LogP contribution is -2.42. The summed E-state index contributed by atoms with van der Waals surface area (Å²) < 4.78 is 25.1. The van der Waals surface area contributed by atoms with Crippen LogP contribution in [0.5, 0.6) is 0 Å². The molecule has 1 rings (SSSR count). The zero-order chi connectivity index (χ0) is 17.3. The van der Waals surface area contributed by atoms with E-state index in [9.17, 15) is 8.42 Å². The molecule has 23 heavy (non-hydrogen) atoms. The lowest BCUT2D eigenvalue weighted by Gasteiger charge is -2.19. The lowest BCUT2D eigenvalue weighted by atomic mass is 10.0. The highest BCUT2D eigenvalue weighted by molar-refractivity contribution is 7.89. The third-order valence-electron chi connectivity index (χ3n) is 3.97. The monoisotopic (exact) mass is 346 g/mol. The molecule has 0 aromatic rings. The van der Waals surface area contributed by atoms with Crippen molar-refractivity contribution in [3.8, 4) is 0 Å². The van der Waals surface area contributed by atoms with Crippen LogP contribution in [0.25, 0.3) is 0 Å². The van der Waals surface area contributed by atoms with Crippen LogP contribution in [-0.2, 0) is 10.0 Å². The summed E-state index contributed by atoms with van der Waals surface area (Å²) >= 11 is 0. The molecule has 1 aliphatic rings. The fourth-order valence-corrected chi connectivity index (χ4v) is 4.19. The molecular weight excluding hydrogens is 312 g/mol. The van der Waals surface area contributed by atoms with Gasteiger partial charge >= 0.3 is 0 Å². The van der Waals surface area contributed by atoms with Gasteiger partial charge in [0.1, 0.15) is 0 Å². The Morgan fingerprint density at radius 3 is 2.57 bits per heavy atom. The molecule has 1 aliphatic heterocycles. The molecule has 1 heterocycles. The maximum Gasteiger partial charge on any atom is 0.214 e. The summed E-state index contributed by atoms with van der Waals surface area (Å²) in [5.41, 5.74) is 0. The minimum atomic E-state index is -3.02. The van der Waals surface area contributed by atoms with E-state index in [2.05, 4.69) is 36.4 Å². The van der Waals surface area contributed by atoms with Crippen LogP contribution in [0, 0.1) is 5.92 Å². The molecule has 2 N–H and O–H groups in total. The Hall–Kier alpha value is -0.820. The molecule has 7 heteroatoms. The molecule has 0 aromatic carbocycles. The highest BCUT2D eigenvalue weighted by atomic mass is 32.2. The summed E-state index contributed by atoms with van der Waals surface area (Å²) in [6.45, 7) is 11.1. The van der Waals surface area contributed by atoms with E-state index in [1.165, 1.54) is 12.8 Å². The van der Waals surface area contributed by atoms with Gasteiger partial charge in [0.2, 0.25) is 10.0 Å². The molecule has 0 amide bonds. The van der Waals surface area contributed by atoms with Gasteiger partial charge in [-0.1, -0.05) is 26.7 Å². The SMILES string of the molecule is CCNC(=NCCN1CCCS1(=O)=O)NC(C)CCCC(C)C. The van der Waals surface area contributed by atoms with Crippen LogP contribution in [0.4, 0.5) is 0 Å². The van der Waals surface area contributed by atoms with Crippen molar-refractivity contribution in [1.29, 1.82) is 0 Å². The van der Waals surface area contributed by atoms with Crippen molar-refractivity contribution in [2.45, 2.75) is 59.4 Å². The highest BCUT2D eigenvalue weighted by Gasteiger charge is 2.27. The van der Waals surface area contributed by atoms with Crippen LogP contribution in [0.3, 0.4) is 0 Å². The Bertz CT molecular complexity index is 463. The van der Waals surface area contributed by atoms with Crippen LogP contribution in [0.1, 0.15) is 53.4 Å². The van der Waals surface area contributed by atoms with Crippen LogP contribution < -0.4 is 10.6 Å². The third kappa shape index (κ3) is 8.01. The van der Waals surface area contributed by atoms with Gasteiger partial charge in [-0.05, 0) is 32.6 Å². The van der Waals surface area contributed by atoms with Gasteiger partial charge in [-0.15, -0.1) is 0 Å². The zero-order valence-electron chi connectivity index (χ0n) is 15.1. The molecule has 0 radical (unpaired) electrons. The van der Waals surface area contributed by atoms with Gasteiger partial charge in [0.15, 0.2) is 5.96 Å². The quantitative estimate of drug-likeness (QED) is 0.493. The Morgan fingerprint density at radius 1 is 1.26 bits per heavy atom. The summed E-state index contributed by atoms with van der Waals surface area (Å²) in [4.78, 5) is 4.51. The predicted octanol–water partition coefficient (Wildman–Crippen LogP) is 1.79. The first-order valence-corrected chi connectivity index (χ1v) is 10.5. The molecule has 0 aromatic heterocycles. The van der Waals surface area contributed by atoms with E-state index in [-0.39, 0.29) is 5.75 Å². The minimum Gasteiger partial charge on any atom is -0.357 e. The number of sulfonamides is 1. The second-order valence-corrected chi connectivity index (χ2v) is 8.79. The number of hydrogen-bond donors (Lipinski definition) is 2. The van der Waals surface area contributed by atoms with Gasteiger partial charge in [0, 0.05) is 25.7 Å². The van der Waals surface area contributed by atoms with E-state index in [1.54, 1.807) is 4.31 Å². The summed E-state index contributed by atoms with van der Waals surface area (Å²) in [7, 11) is -3.02. The van der Waals surface area contributed by atoms with Gasteiger partial charge < -0.3 is 10.6 Å². The number of aliphatic imine (C=N–C) groups is 1. The van der Waals surface area contributed by atoms with Crippen molar-refractivity contribution in [1.82, 2.24) is 14.9 Å². The van der Waals surface area contributed by atoms with E-state index in [0.717, 1.165) is 31.3 Å². The maximum absolute atomic E-state index is 11.8. The molecule has 6 nitrogen and oxygen atoms in total. The molecular formula is C16H34N4O2S. The Morgan fingerprint density at radius 2 is 2.00 bits per heavy atom. The second kappa shape index (κ2) is 10.1. The number of rotatable bonds is 9. The van der Waals surface area contributed by atoms with E-state index in [1.807, 2.05) is 6.92 Å². The van der Waals surface area contributed by atoms with Crippen LogP contribution in [0.15, 0.2) is 4.99 Å². The smallest absolute Gasteiger partial charge is 0.214 e. The fraction of sp³-hybridized carbons (Fsp3) is 0.938. The molecule has 0 saturated carbocycles. The van der Waals surface area contributed by atoms with E-state index < -0.39 is 10.0 Å². The summed E-state index contributed by atoms with van der Waals surface area (Å²) in [5.74, 6) is 1.80. The van der Waals surface area contributed by atoms with Crippen LogP contribution in [-0.4, -0.2) is 56.7 Å². The average Bonchev–Trinajstić information content (AvgIpc) is 2.77. The van der Waals surface area contributed by atoms with Crippen molar-refractivity contribution >= 4 is 16.0 Å². The second-order valence-electron chi connectivity index (χ2n) is 6.70. The van der Waals surface area contributed by atoms with Crippen molar-refractivity contribution < 1.29 is 8.42 Å². The van der Waals surface area contributed by atoms with Crippen molar-refractivity contribution in [3.63, 3.8) is 0 Å². The van der Waals surface area contributed by atoms with Gasteiger partial charge in [0.05, 0.1) is 12.3 Å². The van der Waals surface area contributed by atoms with E-state index in [4.69, 9.17) is 0 Å². The van der Waals surface area contributed by atoms with Gasteiger partial charge in [-0.3, -0.25) is 4.99 Å². The third-order valence-corrected chi connectivity index (χ3v) is 5.92. The Labute approximate surface area is 142 Å². The molecule has 1 unspecified atom stereocenters. The first kappa shape index (κ1) is 20.2. The fourth-order valence-electron chi connectivity index (χ4n) is 2.67. The number of guanidine groups is 1. The lowest BCUT2D eigenvalue weighted by molar-refractivity contribution is 0.451. The van der Waals surface area contributed by atoms with Gasteiger partial charge in [-0.25, -0.2) is 12.7 Å². The first-order valence-electron chi connectivity index (χ1n) is 8.87. The highest BCUT2D eigenvalue weighted by Crippen LogP contribution is 2.12. The minimum absolute atomic E-state index is 0.280. The maximum atomic E-state index is 11.8. The zero-order valence-corrected chi connectivity index (χ0v) is 16.0. The molecule has 0 aliphatic carbocycles.